The molecule has 4 aromatic rings. The number of amides is 1. The Hall–Kier alpha value is -4.27. The third-order valence-electron chi connectivity index (χ3n) is 5.55. The first-order chi connectivity index (χ1) is 17.8. The number of esters is 1. The van der Waals surface area contributed by atoms with Crippen LogP contribution in [0.4, 0.5) is 10.1 Å². The summed E-state index contributed by atoms with van der Waals surface area (Å²) >= 11 is 0. The number of hydrogen-bond donors (Lipinski definition) is 1. The SMILES string of the molecule is CCOc1ccc(OCC)c(NC(=O)Cn2c(C(=O)OC(C)C)cc3c2ccn3-c2ccc(F)cc2)c1. The molecule has 0 atom stereocenters. The summed E-state index contributed by atoms with van der Waals surface area (Å²) in [5.41, 5.74) is 2.76. The van der Waals surface area contributed by atoms with E-state index in [4.69, 9.17) is 14.2 Å². The van der Waals surface area contributed by atoms with Crippen molar-refractivity contribution in [2.24, 2.45) is 0 Å². The van der Waals surface area contributed by atoms with Gasteiger partial charge in [-0.1, -0.05) is 0 Å². The molecule has 0 radical (unpaired) electrons. The van der Waals surface area contributed by atoms with Crippen molar-refractivity contribution in [3.63, 3.8) is 0 Å². The van der Waals surface area contributed by atoms with Crippen LogP contribution >= 0.6 is 0 Å². The zero-order valence-corrected chi connectivity index (χ0v) is 21.3. The van der Waals surface area contributed by atoms with Gasteiger partial charge in [0.25, 0.3) is 0 Å². The molecule has 2 heterocycles. The van der Waals surface area contributed by atoms with E-state index in [2.05, 4.69) is 5.32 Å². The van der Waals surface area contributed by atoms with E-state index in [9.17, 15) is 14.0 Å². The van der Waals surface area contributed by atoms with Crippen molar-refractivity contribution in [3.05, 3.63) is 72.3 Å². The first-order valence-corrected chi connectivity index (χ1v) is 12.2. The molecular weight excluding hydrogens is 477 g/mol. The lowest BCUT2D eigenvalue weighted by Crippen LogP contribution is -2.23. The molecule has 0 bridgehead atoms. The number of rotatable bonds is 10. The maximum Gasteiger partial charge on any atom is 0.355 e. The van der Waals surface area contributed by atoms with Gasteiger partial charge in [0.05, 0.1) is 36.0 Å². The fraction of sp³-hybridized carbons (Fsp3) is 0.286. The van der Waals surface area contributed by atoms with Crippen molar-refractivity contribution in [1.29, 1.82) is 0 Å². The van der Waals surface area contributed by atoms with Crippen LogP contribution in [0.2, 0.25) is 0 Å². The fourth-order valence-corrected chi connectivity index (χ4v) is 4.06. The van der Waals surface area contributed by atoms with Crippen LogP contribution in [0.25, 0.3) is 16.7 Å². The number of ether oxygens (including phenoxy) is 3. The molecule has 0 unspecified atom stereocenters. The fourth-order valence-electron chi connectivity index (χ4n) is 4.06. The number of carbonyl (C=O) groups is 2. The largest absolute Gasteiger partial charge is 0.494 e. The second kappa shape index (κ2) is 11.2. The number of anilines is 1. The van der Waals surface area contributed by atoms with E-state index in [0.29, 0.717) is 41.4 Å². The summed E-state index contributed by atoms with van der Waals surface area (Å²) in [5, 5.41) is 2.88. The number of aromatic nitrogens is 2. The van der Waals surface area contributed by atoms with Crippen LogP contribution in [0.5, 0.6) is 11.5 Å². The summed E-state index contributed by atoms with van der Waals surface area (Å²) in [6.45, 7) is 8.02. The molecule has 9 heteroatoms. The lowest BCUT2D eigenvalue weighted by Gasteiger charge is -2.15. The summed E-state index contributed by atoms with van der Waals surface area (Å²) in [7, 11) is 0. The third-order valence-corrected chi connectivity index (χ3v) is 5.55. The molecule has 0 aliphatic rings. The monoisotopic (exact) mass is 507 g/mol. The number of benzene rings is 2. The lowest BCUT2D eigenvalue weighted by molar-refractivity contribution is -0.116. The van der Waals surface area contributed by atoms with E-state index in [1.807, 2.05) is 24.6 Å². The first kappa shape index (κ1) is 25.8. The van der Waals surface area contributed by atoms with Gasteiger partial charge in [0, 0.05) is 18.0 Å². The smallest absolute Gasteiger partial charge is 0.355 e. The number of nitrogens with zero attached hydrogens (tertiary/aromatic N) is 2. The minimum atomic E-state index is -0.544. The minimum Gasteiger partial charge on any atom is -0.494 e. The zero-order chi connectivity index (χ0) is 26.5. The van der Waals surface area contributed by atoms with E-state index in [1.54, 1.807) is 60.9 Å². The van der Waals surface area contributed by atoms with Gasteiger partial charge in [0.1, 0.15) is 29.6 Å². The molecule has 1 amide bonds. The summed E-state index contributed by atoms with van der Waals surface area (Å²) in [5.74, 6) is -0.137. The van der Waals surface area contributed by atoms with E-state index >= 15 is 0 Å². The Kier molecular flexibility index (Phi) is 7.81. The average molecular weight is 508 g/mol. The topological polar surface area (TPSA) is 83.7 Å². The predicted octanol–water partition coefficient (Wildman–Crippen LogP) is 5.57. The maximum atomic E-state index is 13.5. The molecular formula is C28H30FN3O5. The molecule has 0 fully saturated rings. The van der Waals surface area contributed by atoms with E-state index < -0.39 is 5.97 Å². The second-order valence-corrected chi connectivity index (χ2v) is 8.57. The van der Waals surface area contributed by atoms with Crippen molar-refractivity contribution in [2.75, 3.05) is 18.5 Å². The highest BCUT2D eigenvalue weighted by atomic mass is 19.1. The molecule has 0 saturated heterocycles. The quantitative estimate of drug-likeness (QED) is 0.284. The normalized spacial score (nSPS) is 11.1. The lowest BCUT2D eigenvalue weighted by atomic mass is 10.2. The Labute approximate surface area is 214 Å². The van der Waals surface area contributed by atoms with Crippen molar-refractivity contribution in [3.8, 4) is 17.2 Å². The van der Waals surface area contributed by atoms with Gasteiger partial charge in [-0.25, -0.2) is 9.18 Å². The van der Waals surface area contributed by atoms with Crippen LogP contribution in [0, 0.1) is 5.82 Å². The van der Waals surface area contributed by atoms with Gasteiger partial charge in [0.2, 0.25) is 5.91 Å². The van der Waals surface area contributed by atoms with Gasteiger partial charge in [-0.15, -0.1) is 0 Å². The molecule has 0 aliphatic heterocycles. The average Bonchev–Trinajstić information content (AvgIpc) is 3.41. The van der Waals surface area contributed by atoms with Gasteiger partial charge < -0.3 is 28.7 Å². The predicted molar refractivity (Wildman–Crippen MR) is 139 cm³/mol. The zero-order valence-electron chi connectivity index (χ0n) is 21.3. The molecule has 0 aliphatic carbocycles. The molecule has 194 valence electrons. The van der Waals surface area contributed by atoms with Crippen molar-refractivity contribution in [1.82, 2.24) is 9.13 Å². The number of carbonyl (C=O) groups excluding carboxylic acids is 2. The molecule has 8 nitrogen and oxygen atoms in total. The standard InChI is InChI=1S/C28H30FN3O5/c1-5-35-21-11-12-26(36-6-2)22(15-21)30-27(33)17-32-23-13-14-31(20-9-7-19(29)8-10-20)24(23)16-25(32)28(34)37-18(3)4/h7-16,18H,5-6,17H2,1-4H3,(H,30,33). The Morgan fingerprint density at radius 1 is 0.946 bits per heavy atom. The van der Waals surface area contributed by atoms with Crippen LogP contribution in [-0.2, 0) is 16.1 Å². The van der Waals surface area contributed by atoms with Crippen LogP contribution in [0.1, 0.15) is 38.2 Å². The Morgan fingerprint density at radius 3 is 2.35 bits per heavy atom. The molecule has 2 aromatic heterocycles. The van der Waals surface area contributed by atoms with Crippen molar-refractivity contribution >= 4 is 28.6 Å². The molecule has 0 saturated carbocycles. The summed E-state index contributed by atoms with van der Waals surface area (Å²) in [6.07, 6.45) is 1.47. The highest BCUT2D eigenvalue weighted by Crippen LogP contribution is 2.30. The maximum absolute atomic E-state index is 13.5. The van der Waals surface area contributed by atoms with Crippen molar-refractivity contribution in [2.45, 2.75) is 40.3 Å². The highest BCUT2D eigenvalue weighted by molar-refractivity contribution is 5.98. The minimum absolute atomic E-state index is 0.149. The number of hydrogen-bond acceptors (Lipinski definition) is 5. The Bertz CT molecular complexity index is 1410. The van der Waals surface area contributed by atoms with Crippen LogP contribution < -0.4 is 14.8 Å². The molecule has 4 rings (SSSR count). The number of fused-ring (bicyclic) bond motifs is 1. The molecule has 2 aromatic carbocycles. The van der Waals surface area contributed by atoms with Gasteiger partial charge >= 0.3 is 5.97 Å². The Balaban J connectivity index is 1.70. The van der Waals surface area contributed by atoms with Crippen LogP contribution in [0.3, 0.4) is 0 Å². The van der Waals surface area contributed by atoms with E-state index in [-0.39, 0.29) is 30.1 Å². The van der Waals surface area contributed by atoms with Gasteiger partial charge in [0.15, 0.2) is 0 Å². The molecule has 0 spiro atoms. The molecule has 37 heavy (non-hydrogen) atoms. The van der Waals surface area contributed by atoms with Gasteiger partial charge in [-0.05, 0) is 76.2 Å². The summed E-state index contributed by atoms with van der Waals surface area (Å²) in [6, 6.07) is 14.7. The van der Waals surface area contributed by atoms with Gasteiger partial charge in [-0.3, -0.25) is 4.79 Å². The summed E-state index contributed by atoms with van der Waals surface area (Å²) in [4.78, 5) is 26.2. The Morgan fingerprint density at radius 2 is 1.68 bits per heavy atom. The number of nitrogens with one attached hydrogen (secondary N) is 1. The highest BCUT2D eigenvalue weighted by Gasteiger charge is 2.22. The van der Waals surface area contributed by atoms with E-state index in [1.165, 1.54) is 12.1 Å². The van der Waals surface area contributed by atoms with Crippen LogP contribution in [0.15, 0.2) is 60.8 Å². The first-order valence-electron chi connectivity index (χ1n) is 12.2. The molecule has 1 N–H and O–H groups in total. The summed E-state index contributed by atoms with van der Waals surface area (Å²) < 4.78 is 33.6. The number of halogens is 1. The van der Waals surface area contributed by atoms with Crippen LogP contribution in [-0.4, -0.2) is 40.3 Å². The third kappa shape index (κ3) is 5.77. The second-order valence-electron chi connectivity index (χ2n) is 8.57. The van der Waals surface area contributed by atoms with E-state index in [0.717, 1.165) is 5.69 Å². The van der Waals surface area contributed by atoms with Gasteiger partial charge in [-0.2, -0.15) is 0 Å². The van der Waals surface area contributed by atoms with Crippen molar-refractivity contribution < 1.29 is 28.2 Å².